The number of nitrogens with one attached hydrogen (secondary N) is 1. The lowest BCUT2D eigenvalue weighted by molar-refractivity contribution is -0.430. The molecule has 0 aliphatic carbocycles. The van der Waals surface area contributed by atoms with Crippen LogP contribution in [0.3, 0.4) is 0 Å². The number of hydrogen-bond donors (Lipinski definition) is 1. The highest BCUT2D eigenvalue weighted by Crippen LogP contribution is 2.47. The summed E-state index contributed by atoms with van der Waals surface area (Å²) in [5.74, 6) is -1.86. The zero-order chi connectivity index (χ0) is 19.6. The van der Waals surface area contributed by atoms with Crippen LogP contribution in [0, 0.1) is 20.2 Å². The van der Waals surface area contributed by atoms with E-state index in [2.05, 4.69) is 5.32 Å². The average molecular weight is 369 g/mol. The molecule has 2 atom stereocenters. The number of carbonyl (C=O) groups is 1. The molecular weight excluding hydrogens is 354 g/mol. The van der Waals surface area contributed by atoms with Gasteiger partial charge in [0.05, 0.1) is 23.2 Å². The van der Waals surface area contributed by atoms with Gasteiger partial charge in [-0.25, -0.2) is 4.79 Å². The lowest BCUT2D eigenvalue weighted by atomic mass is 9.74. The minimum absolute atomic E-state index is 0.228. The normalized spacial score (nSPS) is 21.1. The van der Waals surface area contributed by atoms with Crippen molar-refractivity contribution in [2.45, 2.75) is 11.5 Å². The van der Waals surface area contributed by atoms with Crippen molar-refractivity contribution in [3.63, 3.8) is 0 Å². The summed E-state index contributed by atoms with van der Waals surface area (Å²) in [5.41, 5.74) is -1.43. The number of esters is 1. The lowest BCUT2D eigenvalue weighted by Gasteiger charge is -2.33. The third-order valence-electron chi connectivity index (χ3n) is 4.54. The van der Waals surface area contributed by atoms with Gasteiger partial charge in [-0.1, -0.05) is 42.5 Å². The molecule has 0 bridgehead atoms. The summed E-state index contributed by atoms with van der Waals surface area (Å²) in [5, 5.41) is 25.6. The molecule has 1 N–H and O–H groups in total. The molecule has 0 radical (unpaired) electrons. The maximum atomic E-state index is 12.8. The Hall–Kier alpha value is -3.75. The second-order valence-corrected chi connectivity index (χ2v) is 5.92. The van der Waals surface area contributed by atoms with Crippen molar-refractivity contribution in [1.82, 2.24) is 5.32 Å². The van der Waals surface area contributed by atoms with Crippen LogP contribution in [-0.2, 0) is 15.1 Å². The van der Waals surface area contributed by atoms with E-state index in [1.54, 1.807) is 30.3 Å². The molecule has 3 rings (SSSR count). The Morgan fingerprint density at radius 2 is 1.78 bits per heavy atom. The third kappa shape index (κ3) is 2.88. The van der Waals surface area contributed by atoms with Crippen molar-refractivity contribution in [3.05, 3.63) is 97.8 Å². The van der Waals surface area contributed by atoms with Crippen molar-refractivity contribution in [2.75, 3.05) is 7.11 Å². The Balaban J connectivity index is 2.27. The summed E-state index contributed by atoms with van der Waals surface area (Å²) in [6.07, 6.45) is 1.15. The lowest BCUT2D eigenvalue weighted by Crippen LogP contribution is -2.49. The summed E-state index contributed by atoms with van der Waals surface area (Å²) in [6.45, 7) is 0. The highest BCUT2D eigenvalue weighted by atomic mass is 16.6. The fourth-order valence-electron chi connectivity index (χ4n) is 3.38. The molecule has 0 aromatic heterocycles. The molecule has 2 aromatic carbocycles. The van der Waals surface area contributed by atoms with Crippen LogP contribution in [0.5, 0.6) is 0 Å². The van der Waals surface area contributed by atoms with Crippen molar-refractivity contribution in [1.29, 1.82) is 0 Å². The summed E-state index contributed by atoms with van der Waals surface area (Å²) in [4.78, 5) is 34.4. The van der Waals surface area contributed by atoms with E-state index in [0.29, 0.717) is 5.56 Å². The summed E-state index contributed by atoms with van der Waals surface area (Å²) in [6, 6.07) is 13.9. The van der Waals surface area contributed by atoms with E-state index in [9.17, 15) is 25.0 Å². The summed E-state index contributed by atoms with van der Waals surface area (Å²) in [7, 11) is 1.18. The Bertz CT molecular complexity index is 943. The van der Waals surface area contributed by atoms with Crippen molar-refractivity contribution >= 4 is 11.7 Å². The van der Waals surface area contributed by atoms with Gasteiger partial charge in [-0.2, -0.15) is 0 Å². The molecule has 0 saturated heterocycles. The molecule has 0 amide bonds. The second-order valence-electron chi connectivity index (χ2n) is 5.92. The molecule has 1 heterocycles. The molecule has 9 heteroatoms. The molecule has 9 nitrogen and oxygen atoms in total. The SMILES string of the molecule is COC(=O)[C@@]1(c2ccccc2)NC=C([N+](=O)[O-])[C@@H]1c1cccc([N+](=O)[O-])c1. The average Bonchev–Trinajstić information content (AvgIpc) is 3.10. The zero-order valence-corrected chi connectivity index (χ0v) is 14.2. The number of nitro groups is 2. The van der Waals surface area contributed by atoms with E-state index in [1.165, 1.54) is 31.4 Å². The first-order valence-corrected chi connectivity index (χ1v) is 7.92. The molecule has 1 aliphatic rings. The van der Waals surface area contributed by atoms with Gasteiger partial charge < -0.3 is 10.1 Å². The minimum atomic E-state index is -1.62. The first kappa shape index (κ1) is 18.1. The number of rotatable bonds is 5. The summed E-state index contributed by atoms with van der Waals surface area (Å²) < 4.78 is 4.96. The van der Waals surface area contributed by atoms with Crippen LogP contribution in [0.15, 0.2) is 66.5 Å². The Labute approximate surface area is 153 Å². The van der Waals surface area contributed by atoms with E-state index in [-0.39, 0.29) is 16.9 Å². The molecule has 0 unspecified atom stereocenters. The van der Waals surface area contributed by atoms with Crippen LogP contribution < -0.4 is 5.32 Å². The minimum Gasteiger partial charge on any atom is -0.467 e. The summed E-state index contributed by atoms with van der Waals surface area (Å²) >= 11 is 0. The van der Waals surface area contributed by atoms with E-state index in [4.69, 9.17) is 4.74 Å². The second kappa shape index (κ2) is 6.87. The fraction of sp³-hybridized carbons (Fsp3) is 0.167. The number of carbonyl (C=O) groups excluding carboxylic acids is 1. The number of benzene rings is 2. The molecule has 138 valence electrons. The third-order valence-corrected chi connectivity index (χ3v) is 4.54. The van der Waals surface area contributed by atoms with Crippen molar-refractivity contribution < 1.29 is 19.4 Å². The zero-order valence-electron chi connectivity index (χ0n) is 14.2. The highest BCUT2D eigenvalue weighted by molar-refractivity contribution is 5.86. The van der Waals surface area contributed by atoms with E-state index in [1.807, 2.05) is 0 Å². The number of nitro benzene ring substituents is 1. The molecule has 2 aromatic rings. The van der Waals surface area contributed by atoms with Gasteiger partial charge in [-0.3, -0.25) is 20.2 Å². The van der Waals surface area contributed by atoms with Crippen LogP contribution >= 0.6 is 0 Å². The van der Waals surface area contributed by atoms with Crippen LogP contribution in [0.2, 0.25) is 0 Å². The maximum Gasteiger partial charge on any atom is 0.337 e. The molecule has 27 heavy (non-hydrogen) atoms. The number of hydrogen-bond acceptors (Lipinski definition) is 7. The highest BCUT2D eigenvalue weighted by Gasteiger charge is 2.58. The smallest absolute Gasteiger partial charge is 0.337 e. The van der Waals surface area contributed by atoms with Gasteiger partial charge in [-0.15, -0.1) is 0 Å². The van der Waals surface area contributed by atoms with Gasteiger partial charge in [0.2, 0.25) is 0 Å². The Morgan fingerprint density at radius 3 is 2.37 bits per heavy atom. The number of ether oxygens (including phenoxy) is 1. The van der Waals surface area contributed by atoms with Crippen molar-refractivity contribution in [3.8, 4) is 0 Å². The molecule has 0 fully saturated rings. The van der Waals surface area contributed by atoms with Crippen LogP contribution in [0.25, 0.3) is 0 Å². The van der Waals surface area contributed by atoms with Gasteiger partial charge in [-0.05, 0) is 11.1 Å². The fourth-order valence-corrected chi connectivity index (χ4v) is 3.38. The van der Waals surface area contributed by atoms with Gasteiger partial charge in [0.1, 0.15) is 5.92 Å². The Morgan fingerprint density at radius 1 is 1.07 bits per heavy atom. The van der Waals surface area contributed by atoms with Gasteiger partial charge in [0.25, 0.3) is 11.4 Å². The first-order chi connectivity index (χ1) is 12.9. The van der Waals surface area contributed by atoms with Crippen LogP contribution in [0.1, 0.15) is 17.0 Å². The van der Waals surface area contributed by atoms with Gasteiger partial charge >= 0.3 is 5.97 Å². The van der Waals surface area contributed by atoms with E-state index < -0.39 is 27.3 Å². The Kier molecular flexibility index (Phi) is 4.59. The largest absolute Gasteiger partial charge is 0.467 e. The number of nitrogens with zero attached hydrogens (tertiary/aromatic N) is 2. The monoisotopic (exact) mass is 369 g/mol. The van der Waals surface area contributed by atoms with Crippen LogP contribution in [0.4, 0.5) is 5.69 Å². The van der Waals surface area contributed by atoms with E-state index >= 15 is 0 Å². The maximum absolute atomic E-state index is 12.8. The predicted molar refractivity (Wildman–Crippen MR) is 94.2 cm³/mol. The standard InChI is InChI=1S/C18H15N3O6/c1-27-17(22)18(13-7-3-2-4-8-13)16(15(11-19-18)21(25)26)12-6-5-9-14(10-12)20(23)24/h2-11,16,19H,1H3/t16-,18-/m0/s1. The van der Waals surface area contributed by atoms with Crippen molar-refractivity contribution in [2.24, 2.45) is 0 Å². The first-order valence-electron chi connectivity index (χ1n) is 7.92. The van der Waals surface area contributed by atoms with Crippen LogP contribution in [-0.4, -0.2) is 22.9 Å². The topological polar surface area (TPSA) is 125 Å². The quantitative estimate of drug-likeness (QED) is 0.487. The number of methoxy groups -OCH3 is 1. The molecular formula is C18H15N3O6. The van der Waals surface area contributed by atoms with Gasteiger partial charge in [0, 0.05) is 12.1 Å². The molecule has 1 aliphatic heterocycles. The number of non-ortho nitro benzene ring substituents is 1. The van der Waals surface area contributed by atoms with Gasteiger partial charge in [0.15, 0.2) is 5.54 Å². The van der Waals surface area contributed by atoms with E-state index in [0.717, 1.165) is 6.20 Å². The predicted octanol–water partition coefficient (Wildman–Crippen LogP) is 2.47. The molecule has 0 saturated carbocycles. The molecule has 0 spiro atoms.